The van der Waals surface area contributed by atoms with Gasteiger partial charge in [0.15, 0.2) is 6.61 Å². The molecule has 31 heavy (non-hydrogen) atoms. The highest BCUT2D eigenvalue weighted by Gasteiger charge is 2.32. The lowest BCUT2D eigenvalue weighted by molar-refractivity contribution is -0.134. The van der Waals surface area contributed by atoms with E-state index < -0.39 is 0 Å². The average molecular weight is 443 g/mol. The number of ether oxygens (including phenoxy) is 1. The Kier molecular flexibility index (Phi) is 6.17. The standard InChI is InChI=1S/C24H31ClN4O2/c25-19-8-11-22(21(13-19)17-5-2-1-3-6-17)31-15-23(30)28-12-4-7-18(14-28)24-27-26-16-29(24)20-9-10-20/h8,11,13,16-18,20H,1-7,9-10,12,14-15H2. The zero-order valence-electron chi connectivity index (χ0n) is 18.0. The van der Waals surface area contributed by atoms with Crippen molar-refractivity contribution < 1.29 is 9.53 Å². The fourth-order valence-corrected chi connectivity index (χ4v) is 5.39. The minimum atomic E-state index is 0.0479. The van der Waals surface area contributed by atoms with Gasteiger partial charge in [-0.05, 0) is 68.2 Å². The highest BCUT2D eigenvalue weighted by molar-refractivity contribution is 6.30. The normalized spacial score (nSPS) is 22.5. The van der Waals surface area contributed by atoms with Crippen molar-refractivity contribution >= 4 is 17.5 Å². The third kappa shape index (κ3) is 4.74. The predicted molar refractivity (Wildman–Crippen MR) is 120 cm³/mol. The molecule has 0 bridgehead atoms. The van der Waals surface area contributed by atoms with E-state index in [1.54, 1.807) is 0 Å². The molecule has 3 fully saturated rings. The van der Waals surface area contributed by atoms with E-state index in [9.17, 15) is 4.79 Å². The molecule has 0 radical (unpaired) electrons. The zero-order valence-corrected chi connectivity index (χ0v) is 18.8. The fraction of sp³-hybridized carbons (Fsp3) is 0.625. The number of aromatic nitrogens is 3. The number of amides is 1. The van der Waals surface area contributed by atoms with Crippen LogP contribution in [-0.2, 0) is 4.79 Å². The van der Waals surface area contributed by atoms with Crippen LogP contribution in [0.4, 0.5) is 0 Å². The molecule has 1 unspecified atom stereocenters. The summed E-state index contributed by atoms with van der Waals surface area (Å²) in [5.41, 5.74) is 1.16. The number of hydrogen-bond donors (Lipinski definition) is 0. The molecule has 1 saturated heterocycles. The summed E-state index contributed by atoms with van der Waals surface area (Å²) in [6.45, 7) is 1.56. The Labute approximate surface area is 188 Å². The Morgan fingerprint density at radius 3 is 2.68 bits per heavy atom. The van der Waals surface area contributed by atoms with Gasteiger partial charge in [0.2, 0.25) is 0 Å². The Hall–Kier alpha value is -2.08. The Balaban J connectivity index is 1.23. The number of rotatable bonds is 6. The second kappa shape index (κ2) is 9.19. The summed E-state index contributed by atoms with van der Waals surface area (Å²) in [6.07, 6.45) is 12.4. The number of benzene rings is 1. The third-order valence-corrected chi connectivity index (χ3v) is 7.28. The van der Waals surface area contributed by atoms with Crippen molar-refractivity contribution in [2.45, 2.75) is 75.7 Å². The van der Waals surface area contributed by atoms with Crippen molar-refractivity contribution in [3.05, 3.63) is 40.9 Å². The van der Waals surface area contributed by atoms with E-state index in [-0.39, 0.29) is 18.4 Å². The summed E-state index contributed by atoms with van der Waals surface area (Å²) in [6, 6.07) is 6.37. The van der Waals surface area contributed by atoms with Crippen LogP contribution < -0.4 is 4.74 Å². The number of carbonyl (C=O) groups excluding carboxylic acids is 1. The van der Waals surface area contributed by atoms with E-state index in [0.29, 0.717) is 18.5 Å². The van der Waals surface area contributed by atoms with Crippen molar-refractivity contribution in [2.24, 2.45) is 0 Å². The van der Waals surface area contributed by atoms with Crippen molar-refractivity contribution in [1.29, 1.82) is 0 Å². The lowest BCUT2D eigenvalue weighted by atomic mass is 9.84. The number of halogens is 1. The van der Waals surface area contributed by atoms with Crippen molar-refractivity contribution in [3.63, 3.8) is 0 Å². The fourth-order valence-electron chi connectivity index (χ4n) is 5.21. The SMILES string of the molecule is O=C(COc1ccc(Cl)cc1C1CCCCC1)N1CCCC(c2nncn2C2CC2)C1. The van der Waals surface area contributed by atoms with Gasteiger partial charge >= 0.3 is 0 Å². The summed E-state index contributed by atoms with van der Waals surface area (Å²) < 4.78 is 8.30. The maximum absolute atomic E-state index is 13.0. The molecule has 3 aliphatic rings. The first-order chi connectivity index (χ1) is 15.2. The molecule has 1 atom stereocenters. The van der Waals surface area contributed by atoms with E-state index in [1.807, 2.05) is 29.4 Å². The molecule has 1 aromatic carbocycles. The molecule has 0 spiro atoms. The van der Waals surface area contributed by atoms with Crippen LogP contribution in [0.25, 0.3) is 0 Å². The maximum atomic E-state index is 13.0. The molecular weight excluding hydrogens is 412 g/mol. The van der Waals surface area contributed by atoms with Gasteiger partial charge in [-0.1, -0.05) is 30.9 Å². The van der Waals surface area contributed by atoms with Gasteiger partial charge in [-0.2, -0.15) is 0 Å². The molecule has 2 heterocycles. The van der Waals surface area contributed by atoms with E-state index in [0.717, 1.165) is 41.5 Å². The molecule has 2 saturated carbocycles. The van der Waals surface area contributed by atoms with Gasteiger partial charge in [0.05, 0.1) is 0 Å². The van der Waals surface area contributed by atoms with E-state index in [2.05, 4.69) is 14.8 Å². The Morgan fingerprint density at radius 1 is 1.06 bits per heavy atom. The van der Waals surface area contributed by atoms with Crippen LogP contribution >= 0.6 is 11.6 Å². The lowest BCUT2D eigenvalue weighted by Crippen LogP contribution is -2.42. The minimum absolute atomic E-state index is 0.0479. The smallest absolute Gasteiger partial charge is 0.260 e. The second-order valence-corrected chi connectivity index (χ2v) is 9.75. The molecule has 5 rings (SSSR count). The monoisotopic (exact) mass is 442 g/mol. The molecule has 6 nitrogen and oxygen atoms in total. The number of likely N-dealkylation sites (tertiary alicyclic amines) is 1. The number of piperidine rings is 1. The van der Waals surface area contributed by atoms with Crippen LogP contribution in [0.5, 0.6) is 5.75 Å². The topological polar surface area (TPSA) is 60.2 Å². The van der Waals surface area contributed by atoms with Gasteiger partial charge in [0.1, 0.15) is 17.9 Å². The molecule has 2 aliphatic carbocycles. The summed E-state index contributed by atoms with van der Waals surface area (Å²) in [4.78, 5) is 14.9. The summed E-state index contributed by atoms with van der Waals surface area (Å²) >= 11 is 6.28. The van der Waals surface area contributed by atoms with Crippen LogP contribution in [0.1, 0.15) is 87.1 Å². The van der Waals surface area contributed by atoms with Crippen LogP contribution in [0, 0.1) is 0 Å². The summed E-state index contributed by atoms with van der Waals surface area (Å²) in [5.74, 6) is 2.64. The molecule has 1 aromatic heterocycles. The number of hydrogen-bond acceptors (Lipinski definition) is 4. The molecule has 2 aromatic rings. The first-order valence-electron chi connectivity index (χ1n) is 11.8. The van der Waals surface area contributed by atoms with Crippen LogP contribution in [0.2, 0.25) is 5.02 Å². The first kappa shape index (κ1) is 20.8. The molecule has 1 amide bonds. The first-order valence-corrected chi connectivity index (χ1v) is 12.2. The van der Waals surface area contributed by atoms with E-state index >= 15 is 0 Å². The van der Waals surface area contributed by atoms with Crippen LogP contribution in [-0.4, -0.2) is 45.3 Å². The predicted octanol–water partition coefficient (Wildman–Crippen LogP) is 5.10. The third-order valence-electron chi connectivity index (χ3n) is 7.05. The van der Waals surface area contributed by atoms with E-state index in [4.69, 9.17) is 16.3 Å². The van der Waals surface area contributed by atoms with Gasteiger partial charge in [0, 0.05) is 30.1 Å². The van der Waals surface area contributed by atoms with Gasteiger partial charge in [-0.3, -0.25) is 4.79 Å². The zero-order chi connectivity index (χ0) is 21.2. The van der Waals surface area contributed by atoms with Gasteiger partial charge < -0.3 is 14.2 Å². The molecule has 0 N–H and O–H groups in total. The highest BCUT2D eigenvalue weighted by atomic mass is 35.5. The minimum Gasteiger partial charge on any atom is -0.483 e. The van der Waals surface area contributed by atoms with Crippen LogP contribution in [0.15, 0.2) is 24.5 Å². The van der Waals surface area contributed by atoms with Gasteiger partial charge in [-0.25, -0.2) is 0 Å². The lowest BCUT2D eigenvalue weighted by Gasteiger charge is -2.32. The highest BCUT2D eigenvalue weighted by Crippen LogP contribution is 2.39. The Morgan fingerprint density at radius 2 is 1.87 bits per heavy atom. The van der Waals surface area contributed by atoms with Gasteiger partial charge in [0.25, 0.3) is 5.91 Å². The Bertz CT molecular complexity index is 920. The maximum Gasteiger partial charge on any atom is 0.260 e. The summed E-state index contributed by atoms with van der Waals surface area (Å²) in [5, 5.41) is 9.27. The van der Waals surface area contributed by atoms with Crippen molar-refractivity contribution in [1.82, 2.24) is 19.7 Å². The second-order valence-electron chi connectivity index (χ2n) is 9.31. The largest absolute Gasteiger partial charge is 0.483 e. The van der Waals surface area contributed by atoms with Gasteiger partial charge in [-0.15, -0.1) is 10.2 Å². The molecule has 7 heteroatoms. The molecule has 1 aliphatic heterocycles. The molecular formula is C24H31ClN4O2. The van der Waals surface area contributed by atoms with Crippen molar-refractivity contribution in [3.8, 4) is 5.75 Å². The number of nitrogens with zero attached hydrogens (tertiary/aromatic N) is 4. The number of carbonyl (C=O) groups is 1. The van der Waals surface area contributed by atoms with E-state index in [1.165, 1.54) is 44.9 Å². The van der Waals surface area contributed by atoms with Crippen LogP contribution in [0.3, 0.4) is 0 Å². The van der Waals surface area contributed by atoms with Crippen molar-refractivity contribution in [2.75, 3.05) is 19.7 Å². The average Bonchev–Trinajstić information content (AvgIpc) is 3.54. The summed E-state index contributed by atoms with van der Waals surface area (Å²) in [7, 11) is 0. The molecule has 166 valence electrons. The quantitative estimate of drug-likeness (QED) is 0.624.